The predicted octanol–water partition coefficient (Wildman–Crippen LogP) is 2.82. The maximum atomic E-state index is 11.3. The van der Waals surface area contributed by atoms with Crippen molar-refractivity contribution in [2.75, 3.05) is 6.54 Å². The minimum atomic E-state index is 0.217. The molecule has 0 rings (SSSR count). The number of hydrogen-bond acceptors (Lipinski definition) is 1. The first-order valence-electron chi connectivity index (χ1n) is 5.44. The molecule has 0 atom stereocenters. The Labute approximate surface area is 82.3 Å². The van der Waals surface area contributed by atoms with Crippen LogP contribution in [0.2, 0.25) is 0 Å². The zero-order valence-corrected chi connectivity index (χ0v) is 9.47. The first-order chi connectivity index (χ1) is 6.17. The second-order valence-electron chi connectivity index (χ2n) is 3.54. The Kier molecular flexibility index (Phi) is 6.65. The molecule has 1 amide bonds. The summed E-state index contributed by atoms with van der Waals surface area (Å²) >= 11 is 0. The summed E-state index contributed by atoms with van der Waals surface area (Å²) in [6.07, 6.45) is 4.60. The maximum Gasteiger partial charge on any atom is 0.219 e. The van der Waals surface area contributed by atoms with Gasteiger partial charge in [-0.3, -0.25) is 4.79 Å². The minimum Gasteiger partial charge on any atom is -0.340 e. The highest BCUT2D eigenvalue weighted by Gasteiger charge is 2.17. The summed E-state index contributed by atoms with van der Waals surface area (Å²) in [4.78, 5) is 13.3. The average Bonchev–Trinajstić information content (AvgIpc) is 2.05. The Morgan fingerprint density at radius 2 is 1.62 bits per heavy atom. The van der Waals surface area contributed by atoms with Gasteiger partial charge in [0.1, 0.15) is 0 Å². The highest BCUT2D eigenvalue weighted by molar-refractivity contribution is 5.73. The quantitative estimate of drug-likeness (QED) is 0.623. The van der Waals surface area contributed by atoms with Crippen LogP contribution in [0.25, 0.3) is 0 Å². The highest BCUT2D eigenvalue weighted by Crippen LogP contribution is 2.13. The van der Waals surface area contributed by atoms with Gasteiger partial charge >= 0.3 is 0 Å². The van der Waals surface area contributed by atoms with Gasteiger partial charge in [0.15, 0.2) is 0 Å². The zero-order chi connectivity index (χ0) is 10.3. The summed E-state index contributed by atoms with van der Waals surface area (Å²) in [5.74, 6) is 0.217. The Morgan fingerprint density at radius 3 is 1.85 bits per heavy atom. The molecule has 0 aliphatic carbocycles. The van der Waals surface area contributed by atoms with Gasteiger partial charge in [-0.15, -0.1) is 0 Å². The van der Waals surface area contributed by atoms with E-state index in [1.54, 1.807) is 6.92 Å². The van der Waals surface area contributed by atoms with Crippen molar-refractivity contribution in [3.63, 3.8) is 0 Å². The SMILES string of the molecule is CCCC(CCC)N(CC)C(C)=O. The van der Waals surface area contributed by atoms with E-state index in [2.05, 4.69) is 20.8 Å². The normalized spacial score (nSPS) is 10.5. The van der Waals surface area contributed by atoms with Crippen LogP contribution in [-0.2, 0) is 4.79 Å². The van der Waals surface area contributed by atoms with E-state index in [0.717, 1.165) is 32.2 Å². The molecule has 0 N–H and O–H groups in total. The van der Waals surface area contributed by atoms with Crippen molar-refractivity contribution in [1.82, 2.24) is 4.90 Å². The Hall–Kier alpha value is -0.530. The number of hydrogen-bond donors (Lipinski definition) is 0. The van der Waals surface area contributed by atoms with E-state index in [1.807, 2.05) is 4.90 Å². The lowest BCUT2D eigenvalue weighted by molar-refractivity contribution is -0.131. The topological polar surface area (TPSA) is 20.3 Å². The molecule has 78 valence electrons. The van der Waals surface area contributed by atoms with E-state index in [4.69, 9.17) is 0 Å². The van der Waals surface area contributed by atoms with Gasteiger partial charge in [-0.1, -0.05) is 26.7 Å². The molecule has 0 unspecified atom stereocenters. The lowest BCUT2D eigenvalue weighted by Gasteiger charge is -2.29. The summed E-state index contributed by atoms with van der Waals surface area (Å²) < 4.78 is 0. The van der Waals surface area contributed by atoms with E-state index in [-0.39, 0.29) is 5.91 Å². The van der Waals surface area contributed by atoms with Crippen LogP contribution >= 0.6 is 0 Å². The van der Waals surface area contributed by atoms with Crippen LogP contribution in [0.15, 0.2) is 0 Å². The second-order valence-corrected chi connectivity index (χ2v) is 3.54. The van der Waals surface area contributed by atoms with E-state index < -0.39 is 0 Å². The van der Waals surface area contributed by atoms with Crippen molar-refractivity contribution < 1.29 is 4.79 Å². The van der Waals surface area contributed by atoms with Gasteiger partial charge in [0.05, 0.1) is 0 Å². The van der Waals surface area contributed by atoms with Crippen LogP contribution in [0.4, 0.5) is 0 Å². The molecular formula is C11H23NO. The number of carbonyl (C=O) groups excluding carboxylic acids is 1. The molecule has 0 aromatic carbocycles. The lowest BCUT2D eigenvalue weighted by Crippen LogP contribution is -2.38. The van der Waals surface area contributed by atoms with Crippen LogP contribution in [0, 0.1) is 0 Å². The molecule has 0 heterocycles. The van der Waals surface area contributed by atoms with Crippen molar-refractivity contribution in [2.45, 2.75) is 59.4 Å². The third-order valence-corrected chi connectivity index (χ3v) is 2.43. The average molecular weight is 185 g/mol. The van der Waals surface area contributed by atoms with Crippen molar-refractivity contribution in [3.8, 4) is 0 Å². The molecule has 2 nitrogen and oxygen atoms in total. The van der Waals surface area contributed by atoms with E-state index in [0.29, 0.717) is 6.04 Å². The molecule has 0 aromatic heterocycles. The van der Waals surface area contributed by atoms with Crippen molar-refractivity contribution in [2.24, 2.45) is 0 Å². The Morgan fingerprint density at radius 1 is 1.15 bits per heavy atom. The van der Waals surface area contributed by atoms with Gasteiger partial charge in [-0.25, -0.2) is 0 Å². The van der Waals surface area contributed by atoms with Gasteiger partial charge in [0.2, 0.25) is 5.91 Å². The van der Waals surface area contributed by atoms with E-state index in [9.17, 15) is 4.79 Å². The fourth-order valence-electron chi connectivity index (χ4n) is 1.86. The lowest BCUT2D eigenvalue weighted by atomic mass is 10.0. The Bertz CT molecular complexity index is 139. The zero-order valence-electron chi connectivity index (χ0n) is 9.47. The standard InChI is InChI=1S/C11H23NO/c1-5-8-11(9-6-2)12(7-3)10(4)13/h11H,5-9H2,1-4H3. The molecule has 0 radical (unpaired) electrons. The van der Waals surface area contributed by atoms with Crippen molar-refractivity contribution in [1.29, 1.82) is 0 Å². The van der Waals surface area contributed by atoms with Crippen LogP contribution in [-0.4, -0.2) is 23.4 Å². The highest BCUT2D eigenvalue weighted by atomic mass is 16.2. The summed E-state index contributed by atoms with van der Waals surface area (Å²) in [6, 6.07) is 0.470. The molecule has 13 heavy (non-hydrogen) atoms. The van der Waals surface area contributed by atoms with Gasteiger partial charge < -0.3 is 4.90 Å². The molecule has 0 fully saturated rings. The van der Waals surface area contributed by atoms with Crippen molar-refractivity contribution >= 4 is 5.91 Å². The van der Waals surface area contributed by atoms with Crippen molar-refractivity contribution in [3.05, 3.63) is 0 Å². The Balaban J connectivity index is 4.20. The van der Waals surface area contributed by atoms with Gasteiger partial charge in [-0.05, 0) is 19.8 Å². The summed E-state index contributed by atoms with van der Waals surface area (Å²) in [5.41, 5.74) is 0. The molecule has 0 aliphatic rings. The molecule has 0 aromatic rings. The van der Waals surface area contributed by atoms with E-state index in [1.165, 1.54) is 0 Å². The largest absolute Gasteiger partial charge is 0.340 e. The number of rotatable bonds is 6. The molecular weight excluding hydrogens is 162 g/mol. The van der Waals surface area contributed by atoms with Crippen LogP contribution < -0.4 is 0 Å². The fraction of sp³-hybridized carbons (Fsp3) is 0.909. The first-order valence-corrected chi connectivity index (χ1v) is 5.44. The fourth-order valence-corrected chi connectivity index (χ4v) is 1.86. The van der Waals surface area contributed by atoms with E-state index >= 15 is 0 Å². The third-order valence-electron chi connectivity index (χ3n) is 2.43. The molecule has 0 bridgehead atoms. The third kappa shape index (κ3) is 4.30. The second kappa shape index (κ2) is 6.93. The molecule has 0 saturated carbocycles. The van der Waals surface area contributed by atoms with Gasteiger partial charge in [-0.2, -0.15) is 0 Å². The predicted molar refractivity (Wildman–Crippen MR) is 56.7 cm³/mol. The minimum absolute atomic E-state index is 0.217. The summed E-state index contributed by atoms with van der Waals surface area (Å²) in [5, 5.41) is 0. The van der Waals surface area contributed by atoms with Crippen LogP contribution in [0.5, 0.6) is 0 Å². The number of carbonyl (C=O) groups is 1. The first kappa shape index (κ1) is 12.5. The number of nitrogens with zero attached hydrogens (tertiary/aromatic N) is 1. The molecule has 2 heteroatoms. The number of amides is 1. The summed E-state index contributed by atoms with van der Waals surface area (Å²) in [7, 11) is 0. The van der Waals surface area contributed by atoms with Gasteiger partial charge in [0.25, 0.3) is 0 Å². The summed E-state index contributed by atoms with van der Waals surface area (Å²) in [6.45, 7) is 8.93. The maximum absolute atomic E-state index is 11.3. The van der Waals surface area contributed by atoms with Crippen LogP contribution in [0.3, 0.4) is 0 Å². The molecule has 0 spiro atoms. The monoisotopic (exact) mass is 185 g/mol. The molecule has 0 saturated heterocycles. The molecule has 0 aliphatic heterocycles. The van der Waals surface area contributed by atoms with Crippen LogP contribution in [0.1, 0.15) is 53.4 Å². The van der Waals surface area contributed by atoms with Gasteiger partial charge in [0, 0.05) is 19.5 Å². The smallest absolute Gasteiger partial charge is 0.219 e.